The van der Waals surface area contributed by atoms with Crippen LogP contribution in [0.2, 0.25) is 0 Å². The number of carbonyl (C=O) groups is 2. The second kappa shape index (κ2) is 5.25. The summed E-state index contributed by atoms with van der Waals surface area (Å²) in [5.74, 6) is -0.143. The second-order valence-electron chi connectivity index (χ2n) is 3.30. The van der Waals surface area contributed by atoms with E-state index in [1.54, 1.807) is 12.1 Å². The van der Waals surface area contributed by atoms with Crippen molar-refractivity contribution in [3.05, 3.63) is 42.0 Å². The molecule has 1 aromatic carbocycles. The molecule has 1 rings (SSSR count). The van der Waals surface area contributed by atoms with Crippen LogP contribution >= 0.6 is 0 Å². The van der Waals surface area contributed by atoms with E-state index in [9.17, 15) is 9.59 Å². The van der Waals surface area contributed by atoms with Crippen molar-refractivity contribution in [3.63, 3.8) is 0 Å². The molecule has 0 atom stereocenters. The first kappa shape index (κ1) is 11.4. The third kappa shape index (κ3) is 2.62. The average Bonchev–Trinajstić information content (AvgIpc) is 2.28. The van der Waals surface area contributed by atoms with Crippen molar-refractivity contribution in [3.8, 4) is 0 Å². The summed E-state index contributed by atoms with van der Waals surface area (Å²) in [5.41, 5.74) is 2.37. The largest absolute Gasteiger partial charge is 0.303 e. The minimum absolute atomic E-state index is 0.0615. The smallest absolute Gasteiger partial charge is 0.170 e. The van der Waals surface area contributed by atoms with Crippen LogP contribution < -0.4 is 0 Å². The van der Waals surface area contributed by atoms with Crippen molar-refractivity contribution in [1.82, 2.24) is 0 Å². The van der Waals surface area contributed by atoms with Crippen LogP contribution in [0.5, 0.6) is 0 Å². The number of benzene rings is 1. The SMILES string of the molecule is C=C(CC)c1ccccc1C(=O)CC=O. The number of aldehydes is 1. The minimum Gasteiger partial charge on any atom is -0.303 e. The highest BCUT2D eigenvalue weighted by Gasteiger charge is 2.11. The van der Waals surface area contributed by atoms with Crippen molar-refractivity contribution >= 4 is 17.6 Å². The molecule has 0 radical (unpaired) electrons. The van der Waals surface area contributed by atoms with Gasteiger partial charge in [0.1, 0.15) is 6.29 Å². The van der Waals surface area contributed by atoms with Gasteiger partial charge in [-0.1, -0.05) is 37.8 Å². The predicted octanol–water partition coefficient (Wildman–Crippen LogP) is 2.88. The Bertz CT molecular complexity index is 391. The van der Waals surface area contributed by atoms with Crippen LogP contribution in [0.25, 0.3) is 5.57 Å². The number of hydrogen-bond acceptors (Lipinski definition) is 2. The lowest BCUT2D eigenvalue weighted by Crippen LogP contribution is -2.03. The van der Waals surface area contributed by atoms with Gasteiger partial charge in [0.05, 0.1) is 6.42 Å². The minimum atomic E-state index is -0.143. The maximum atomic E-state index is 11.6. The topological polar surface area (TPSA) is 34.1 Å². The predicted molar refractivity (Wildman–Crippen MR) is 60.8 cm³/mol. The Labute approximate surface area is 89.6 Å². The lowest BCUT2D eigenvalue weighted by atomic mass is 9.96. The van der Waals surface area contributed by atoms with Crippen LogP contribution in [-0.2, 0) is 4.79 Å². The van der Waals surface area contributed by atoms with Crippen LogP contribution in [0.1, 0.15) is 35.7 Å². The molecule has 0 fully saturated rings. The third-order valence-corrected chi connectivity index (χ3v) is 2.30. The quantitative estimate of drug-likeness (QED) is 0.418. The number of carbonyl (C=O) groups excluding carboxylic acids is 2. The zero-order valence-corrected chi connectivity index (χ0v) is 8.82. The summed E-state index contributed by atoms with van der Waals surface area (Å²) in [7, 11) is 0. The number of allylic oxidation sites excluding steroid dienone is 1. The fourth-order valence-electron chi connectivity index (χ4n) is 1.41. The highest BCUT2D eigenvalue weighted by molar-refractivity contribution is 6.05. The van der Waals surface area contributed by atoms with Crippen molar-refractivity contribution in [2.45, 2.75) is 19.8 Å². The molecule has 0 spiro atoms. The van der Waals surface area contributed by atoms with Crippen LogP contribution in [0, 0.1) is 0 Å². The molecule has 2 heteroatoms. The Morgan fingerprint density at radius 2 is 1.93 bits per heavy atom. The van der Waals surface area contributed by atoms with E-state index >= 15 is 0 Å². The van der Waals surface area contributed by atoms with Crippen LogP contribution in [0.4, 0.5) is 0 Å². The fraction of sp³-hybridized carbons (Fsp3) is 0.231. The lowest BCUT2D eigenvalue weighted by Gasteiger charge is -2.08. The molecule has 0 amide bonds. The molecule has 2 nitrogen and oxygen atoms in total. The molecule has 0 unspecified atom stereocenters. The molecule has 0 aromatic heterocycles. The number of Topliss-reactive ketones (excluding diaryl/α,β-unsaturated/α-hetero) is 1. The van der Waals surface area contributed by atoms with E-state index in [0.717, 1.165) is 17.6 Å². The molecule has 0 heterocycles. The second-order valence-corrected chi connectivity index (χ2v) is 3.30. The molecule has 78 valence electrons. The molecular weight excluding hydrogens is 188 g/mol. The highest BCUT2D eigenvalue weighted by atomic mass is 16.1. The van der Waals surface area contributed by atoms with Gasteiger partial charge in [0.15, 0.2) is 5.78 Å². The summed E-state index contributed by atoms with van der Waals surface area (Å²) in [6, 6.07) is 7.27. The molecule has 0 saturated heterocycles. The van der Waals surface area contributed by atoms with Gasteiger partial charge in [-0.05, 0) is 17.6 Å². The standard InChI is InChI=1S/C13H14O2/c1-3-10(2)11-6-4-5-7-12(11)13(15)8-9-14/h4-7,9H,2-3,8H2,1H3. The van der Waals surface area contributed by atoms with Gasteiger partial charge in [-0.15, -0.1) is 0 Å². The summed E-state index contributed by atoms with van der Waals surface area (Å²) in [4.78, 5) is 21.9. The Morgan fingerprint density at radius 3 is 2.47 bits per heavy atom. The van der Waals surface area contributed by atoms with Gasteiger partial charge in [0.25, 0.3) is 0 Å². The third-order valence-electron chi connectivity index (χ3n) is 2.30. The van der Waals surface area contributed by atoms with E-state index in [1.165, 1.54) is 0 Å². The van der Waals surface area contributed by atoms with E-state index in [2.05, 4.69) is 6.58 Å². The number of hydrogen-bond donors (Lipinski definition) is 0. The van der Waals surface area contributed by atoms with Gasteiger partial charge >= 0.3 is 0 Å². The lowest BCUT2D eigenvalue weighted by molar-refractivity contribution is -0.107. The summed E-state index contributed by atoms with van der Waals surface area (Å²) >= 11 is 0. The zero-order chi connectivity index (χ0) is 11.3. The number of ketones is 1. The van der Waals surface area contributed by atoms with Crippen molar-refractivity contribution in [2.24, 2.45) is 0 Å². The molecule has 0 aliphatic carbocycles. The fourth-order valence-corrected chi connectivity index (χ4v) is 1.41. The maximum absolute atomic E-state index is 11.6. The Hall–Kier alpha value is -1.70. The van der Waals surface area contributed by atoms with Gasteiger partial charge in [-0.3, -0.25) is 4.79 Å². The molecule has 0 aliphatic rings. The maximum Gasteiger partial charge on any atom is 0.170 e. The van der Waals surface area contributed by atoms with E-state index in [0.29, 0.717) is 11.8 Å². The molecule has 0 aliphatic heterocycles. The van der Waals surface area contributed by atoms with Gasteiger partial charge in [0.2, 0.25) is 0 Å². The summed E-state index contributed by atoms with van der Waals surface area (Å²) in [6.07, 6.45) is 1.37. The van der Waals surface area contributed by atoms with Crippen LogP contribution in [0.3, 0.4) is 0 Å². The molecule has 0 bridgehead atoms. The molecule has 15 heavy (non-hydrogen) atoms. The van der Waals surface area contributed by atoms with Gasteiger partial charge < -0.3 is 4.79 Å². The Kier molecular flexibility index (Phi) is 3.98. The molecule has 1 aromatic rings. The summed E-state index contributed by atoms with van der Waals surface area (Å²) < 4.78 is 0. The van der Waals surface area contributed by atoms with E-state index in [4.69, 9.17) is 0 Å². The van der Waals surface area contributed by atoms with Crippen molar-refractivity contribution in [1.29, 1.82) is 0 Å². The first-order valence-corrected chi connectivity index (χ1v) is 4.94. The van der Waals surface area contributed by atoms with Gasteiger partial charge in [0, 0.05) is 5.56 Å². The monoisotopic (exact) mass is 202 g/mol. The molecule has 0 saturated carbocycles. The number of rotatable bonds is 5. The summed E-state index contributed by atoms with van der Waals surface area (Å²) in [6.45, 7) is 5.90. The Morgan fingerprint density at radius 1 is 1.33 bits per heavy atom. The van der Waals surface area contributed by atoms with Crippen molar-refractivity contribution < 1.29 is 9.59 Å². The first-order valence-electron chi connectivity index (χ1n) is 4.94. The zero-order valence-electron chi connectivity index (χ0n) is 8.82. The van der Waals surface area contributed by atoms with Gasteiger partial charge in [-0.25, -0.2) is 0 Å². The normalized spacial score (nSPS) is 9.67. The van der Waals surface area contributed by atoms with Gasteiger partial charge in [-0.2, -0.15) is 0 Å². The Balaban J connectivity index is 3.11. The van der Waals surface area contributed by atoms with Crippen LogP contribution in [-0.4, -0.2) is 12.1 Å². The van der Waals surface area contributed by atoms with E-state index < -0.39 is 0 Å². The first-order chi connectivity index (χ1) is 7.20. The highest BCUT2D eigenvalue weighted by Crippen LogP contribution is 2.21. The van der Waals surface area contributed by atoms with E-state index in [1.807, 2.05) is 19.1 Å². The van der Waals surface area contributed by atoms with Crippen LogP contribution in [0.15, 0.2) is 30.8 Å². The average molecular weight is 202 g/mol. The molecular formula is C13H14O2. The van der Waals surface area contributed by atoms with E-state index in [-0.39, 0.29) is 12.2 Å². The van der Waals surface area contributed by atoms with Crippen molar-refractivity contribution in [2.75, 3.05) is 0 Å². The summed E-state index contributed by atoms with van der Waals surface area (Å²) in [5, 5.41) is 0. The molecule has 0 N–H and O–H groups in total.